The molecule has 2 aromatic carbocycles. The molecule has 1 atom stereocenters. The number of hydrogen-bond acceptors (Lipinski definition) is 1. The lowest BCUT2D eigenvalue weighted by Crippen LogP contribution is -2.02. The van der Waals surface area contributed by atoms with E-state index < -0.39 is 6.10 Å². The molecule has 0 aliphatic carbocycles. The molecule has 0 aromatic heterocycles. The van der Waals surface area contributed by atoms with Crippen LogP contribution in [0.15, 0.2) is 42.5 Å². The molecule has 0 heterocycles. The van der Waals surface area contributed by atoms with Crippen molar-refractivity contribution in [1.82, 2.24) is 0 Å². The van der Waals surface area contributed by atoms with Crippen molar-refractivity contribution >= 4 is 23.2 Å². The molecule has 1 nitrogen and oxygen atoms in total. The Morgan fingerprint density at radius 2 is 1.74 bits per heavy atom. The maximum Gasteiger partial charge on any atom is 0.0830 e. The van der Waals surface area contributed by atoms with Gasteiger partial charge in [-0.3, -0.25) is 0 Å². The molecule has 2 aromatic rings. The zero-order valence-electron chi connectivity index (χ0n) is 10.7. The van der Waals surface area contributed by atoms with Crippen LogP contribution in [-0.2, 0) is 12.8 Å². The summed E-state index contributed by atoms with van der Waals surface area (Å²) in [5.74, 6) is 0. The molecule has 0 radical (unpaired) electrons. The van der Waals surface area contributed by atoms with Gasteiger partial charge in [0.25, 0.3) is 0 Å². The van der Waals surface area contributed by atoms with Gasteiger partial charge >= 0.3 is 0 Å². The number of benzene rings is 2. The Morgan fingerprint density at radius 1 is 1.05 bits per heavy atom. The van der Waals surface area contributed by atoms with Gasteiger partial charge in [0.1, 0.15) is 0 Å². The lowest BCUT2D eigenvalue weighted by atomic mass is 10.00. The first-order chi connectivity index (χ1) is 9.10. The molecule has 0 aliphatic rings. The monoisotopic (exact) mass is 294 g/mol. The van der Waals surface area contributed by atoms with Crippen molar-refractivity contribution in [1.29, 1.82) is 0 Å². The largest absolute Gasteiger partial charge is 0.388 e. The molecule has 0 saturated carbocycles. The standard InChI is InChI=1S/C16H16Cl2O/c1-2-11-3-5-12(6-4-11)16(19)9-13-7-8-14(17)10-15(13)18/h3-8,10,16,19H,2,9H2,1H3. The lowest BCUT2D eigenvalue weighted by molar-refractivity contribution is 0.178. The summed E-state index contributed by atoms with van der Waals surface area (Å²) in [6, 6.07) is 13.4. The van der Waals surface area contributed by atoms with Crippen molar-refractivity contribution in [2.45, 2.75) is 25.9 Å². The molecule has 0 bridgehead atoms. The van der Waals surface area contributed by atoms with Gasteiger partial charge in [-0.25, -0.2) is 0 Å². The number of aryl methyl sites for hydroxylation is 1. The van der Waals surface area contributed by atoms with E-state index in [4.69, 9.17) is 23.2 Å². The summed E-state index contributed by atoms with van der Waals surface area (Å²) in [7, 11) is 0. The third-order valence-corrected chi connectivity index (χ3v) is 3.79. The van der Waals surface area contributed by atoms with E-state index in [0.717, 1.165) is 17.5 Å². The first-order valence-corrected chi connectivity index (χ1v) is 7.06. The average Bonchev–Trinajstić information content (AvgIpc) is 2.42. The second-order valence-corrected chi connectivity index (χ2v) is 5.39. The van der Waals surface area contributed by atoms with Gasteiger partial charge in [-0.15, -0.1) is 0 Å². The van der Waals surface area contributed by atoms with Crippen LogP contribution in [0.1, 0.15) is 29.7 Å². The highest BCUT2D eigenvalue weighted by Crippen LogP contribution is 2.26. The van der Waals surface area contributed by atoms with Crippen LogP contribution in [-0.4, -0.2) is 5.11 Å². The molecule has 0 spiro atoms. The third kappa shape index (κ3) is 3.73. The molecule has 1 N–H and O–H groups in total. The number of rotatable bonds is 4. The summed E-state index contributed by atoms with van der Waals surface area (Å²) in [6.07, 6.45) is 0.936. The highest BCUT2D eigenvalue weighted by atomic mass is 35.5. The van der Waals surface area contributed by atoms with Crippen LogP contribution in [0.4, 0.5) is 0 Å². The van der Waals surface area contributed by atoms with Crippen LogP contribution in [0.25, 0.3) is 0 Å². The van der Waals surface area contributed by atoms with Crippen LogP contribution in [0.3, 0.4) is 0 Å². The average molecular weight is 295 g/mol. The van der Waals surface area contributed by atoms with Crippen molar-refractivity contribution in [3.63, 3.8) is 0 Å². The predicted octanol–water partition coefficient (Wildman–Crippen LogP) is 4.83. The van der Waals surface area contributed by atoms with Crippen molar-refractivity contribution in [2.75, 3.05) is 0 Å². The Labute approximate surface area is 123 Å². The van der Waals surface area contributed by atoms with Gasteiger partial charge in [0.15, 0.2) is 0 Å². The molecule has 0 fully saturated rings. The SMILES string of the molecule is CCc1ccc(C(O)Cc2ccc(Cl)cc2Cl)cc1. The quantitative estimate of drug-likeness (QED) is 0.856. The Morgan fingerprint density at radius 3 is 2.32 bits per heavy atom. The van der Waals surface area contributed by atoms with Crippen LogP contribution < -0.4 is 0 Å². The van der Waals surface area contributed by atoms with Gasteiger partial charge in [0.2, 0.25) is 0 Å². The fourth-order valence-electron chi connectivity index (χ4n) is 1.99. The van der Waals surface area contributed by atoms with Gasteiger partial charge < -0.3 is 5.11 Å². The van der Waals surface area contributed by atoms with Gasteiger partial charge in [0, 0.05) is 16.5 Å². The van der Waals surface area contributed by atoms with Gasteiger partial charge in [0.05, 0.1) is 6.10 Å². The van der Waals surface area contributed by atoms with Gasteiger partial charge in [-0.2, -0.15) is 0 Å². The molecular formula is C16H16Cl2O. The molecule has 0 aliphatic heterocycles. The predicted molar refractivity (Wildman–Crippen MR) is 80.9 cm³/mol. The van der Waals surface area contributed by atoms with E-state index >= 15 is 0 Å². The van der Waals surface area contributed by atoms with Crippen LogP contribution in [0, 0.1) is 0 Å². The topological polar surface area (TPSA) is 20.2 Å². The van der Waals surface area contributed by atoms with E-state index in [9.17, 15) is 5.11 Å². The van der Waals surface area contributed by atoms with Gasteiger partial charge in [-0.05, 0) is 35.2 Å². The summed E-state index contributed by atoms with van der Waals surface area (Å²) >= 11 is 12.0. The highest BCUT2D eigenvalue weighted by Gasteiger charge is 2.11. The first kappa shape index (κ1) is 14.4. The number of halogens is 2. The van der Waals surface area contributed by atoms with Crippen molar-refractivity contribution < 1.29 is 5.11 Å². The number of aliphatic hydroxyl groups is 1. The molecule has 19 heavy (non-hydrogen) atoms. The Balaban J connectivity index is 2.13. The smallest absolute Gasteiger partial charge is 0.0830 e. The summed E-state index contributed by atoms with van der Waals surface area (Å²) in [5, 5.41) is 11.4. The fraction of sp³-hybridized carbons (Fsp3) is 0.250. The van der Waals surface area contributed by atoms with Crippen molar-refractivity contribution in [3.8, 4) is 0 Å². The number of hydrogen-bond donors (Lipinski definition) is 1. The van der Waals surface area contributed by atoms with Crippen LogP contribution in [0.2, 0.25) is 10.0 Å². The summed E-state index contributed by atoms with van der Waals surface area (Å²) < 4.78 is 0. The Kier molecular flexibility index (Phi) is 4.87. The van der Waals surface area contributed by atoms with E-state index in [1.54, 1.807) is 12.1 Å². The zero-order valence-corrected chi connectivity index (χ0v) is 12.2. The molecule has 0 amide bonds. The Bertz CT molecular complexity index is 549. The van der Waals surface area contributed by atoms with Crippen molar-refractivity contribution in [2.24, 2.45) is 0 Å². The molecular weight excluding hydrogens is 279 g/mol. The fourth-order valence-corrected chi connectivity index (χ4v) is 2.47. The van der Waals surface area contributed by atoms with Crippen LogP contribution in [0.5, 0.6) is 0 Å². The molecule has 100 valence electrons. The normalized spacial score (nSPS) is 12.4. The maximum atomic E-state index is 10.2. The summed E-state index contributed by atoms with van der Waals surface area (Å²) in [6.45, 7) is 2.11. The zero-order chi connectivity index (χ0) is 13.8. The van der Waals surface area contributed by atoms with E-state index in [2.05, 4.69) is 6.92 Å². The maximum absolute atomic E-state index is 10.2. The van der Waals surface area contributed by atoms with Crippen molar-refractivity contribution in [3.05, 3.63) is 69.2 Å². The minimum absolute atomic E-state index is 0.488. The molecule has 1 unspecified atom stereocenters. The second-order valence-electron chi connectivity index (χ2n) is 4.55. The number of aliphatic hydroxyl groups excluding tert-OH is 1. The van der Waals surface area contributed by atoms with E-state index in [1.807, 2.05) is 30.3 Å². The minimum Gasteiger partial charge on any atom is -0.388 e. The summed E-state index contributed by atoms with van der Waals surface area (Å²) in [4.78, 5) is 0. The molecule has 3 heteroatoms. The van der Waals surface area contributed by atoms with Gasteiger partial charge in [-0.1, -0.05) is 60.5 Å². The second kappa shape index (κ2) is 6.42. The first-order valence-electron chi connectivity index (χ1n) is 6.31. The lowest BCUT2D eigenvalue weighted by Gasteiger charge is -2.13. The molecule has 2 rings (SSSR count). The third-order valence-electron chi connectivity index (χ3n) is 3.20. The minimum atomic E-state index is -0.551. The molecule has 0 saturated heterocycles. The van der Waals surface area contributed by atoms with E-state index in [1.165, 1.54) is 5.56 Å². The Hall–Kier alpha value is -1.02. The van der Waals surface area contributed by atoms with E-state index in [-0.39, 0.29) is 0 Å². The highest BCUT2D eigenvalue weighted by molar-refractivity contribution is 6.35. The summed E-state index contributed by atoms with van der Waals surface area (Å²) in [5.41, 5.74) is 3.07. The van der Waals surface area contributed by atoms with E-state index in [0.29, 0.717) is 16.5 Å². The van der Waals surface area contributed by atoms with Crippen LogP contribution >= 0.6 is 23.2 Å².